The van der Waals surface area contributed by atoms with Crippen LogP contribution in [-0.2, 0) is 13.0 Å². The maximum atomic E-state index is 11.2. The number of nitrogen functional groups attached to an aromatic ring is 1. The number of aliphatic hydroxyl groups is 1. The second-order valence-electron chi connectivity index (χ2n) is 7.71. The summed E-state index contributed by atoms with van der Waals surface area (Å²) in [6, 6.07) is 12.0. The predicted molar refractivity (Wildman–Crippen MR) is 111 cm³/mol. The summed E-state index contributed by atoms with van der Waals surface area (Å²) in [6.45, 7) is 3.57. The summed E-state index contributed by atoms with van der Waals surface area (Å²) in [7, 11) is 0. The number of piperidine rings is 1. The molecule has 3 N–H and O–H groups in total. The number of nitro benzene ring substituents is 1. The van der Waals surface area contributed by atoms with Gasteiger partial charge in [-0.1, -0.05) is 18.2 Å². The Kier molecular flexibility index (Phi) is 5.09. The molecule has 0 saturated carbocycles. The van der Waals surface area contributed by atoms with Crippen LogP contribution < -0.4 is 15.5 Å². The number of hydrogen-bond acceptors (Lipinski definition) is 6. The van der Waals surface area contributed by atoms with Gasteiger partial charge in [-0.25, -0.2) is 0 Å². The monoisotopic (exact) mass is 382 g/mol. The molecule has 2 aromatic carbocycles. The van der Waals surface area contributed by atoms with Crippen LogP contribution in [0.5, 0.6) is 0 Å². The number of nitro groups is 1. The molecule has 0 bridgehead atoms. The molecule has 1 saturated heterocycles. The maximum absolute atomic E-state index is 11.2. The summed E-state index contributed by atoms with van der Waals surface area (Å²) in [5, 5.41) is 20.7. The van der Waals surface area contributed by atoms with Gasteiger partial charge in [0.25, 0.3) is 5.69 Å². The van der Waals surface area contributed by atoms with Crippen molar-refractivity contribution in [1.82, 2.24) is 0 Å². The normalized spacial score (nSPS) is 17.0. The highest BCUT2D eigenvalue weighted by molar-refractivity contribution is 5.70. The van der Waals surface area contributed by atoms with Gasteiger partial charge in [-0.05, 0) is 48.9 Å². The molecule has 148 valence electrons. The van der Waals surface area contributed by atoms with Gasteiger partial charge < -0.3 is 20.6 Å². The lowest BCUT2D eigenvalue weighted by Gasteiger charge is -2.36. The van der Waals surface area contributed by atoms with Crippen LogP contribution in [0.25, 0.3) is 0 Å². The Morgan fingerprint density at radius 2 is 1.93 bits per heavy atom. The van der Waals surface area contributed by atoms with E-state index in [2.05, 4.69) is 34.1 Å². The molecule has 2 heterocycles. The number of fused-ring (bicyclic) bond motifs is 1. The van der Waals surface area contributed by atoms with Crippen LogP contribution in [0.1, 0.15) is 24.0 Å². The van der Waals surface area contributed by atoms with Crippen molar-refractivity contribution in [1.29, 1.82) is 0 Å². The Hall–Kier alpha value is -2.80. The molecule has 7 heteroatoms. The summed E-state index contributed by atoms with van der Waals surface area (Å²) in [4.78, 5) is 15.4. The molecular weight excluding hydrogens is 356 g/mol. The second-order valence-corrected chi connectivity index (χ2v) is 7.71. The van der Waals surface area contributed by atoms with Gasteiger partial charge in [-0.15, -0.1) is 0 Å². The van der Waals surface area contributed by atoms with E-state index in [9.17, 15) is 15.2 Å². The number of anilines is 3. The van der Waals surface area contributed by atoms with Crippen LogP contribution in [0.4, 0.5) is 22.7 Å². The van der Waals surface area contributed by atoms with Crippen LogP contribution in [0.15, 0.2) is 36.4 Å². The highest BCUT2D eigenvalue weighted by Crippen LogP contribution is 2.35. The van der Waals surface area contributed by atoms with E-state index in [0.29, 0.717) is 5.92 Å². The molecule has 0 aliphatic carbocycles. The Balaban J connectivity index is 1.41. The Morgan fingerprint density at radius 1 is 1.18 bits per heavy atom. The zero-order valence-corrected chi connectivity index (χ0v) is 15.9. The van der Waals surface area contributed by atoms with Gasteiger partial charge in [0, 0.05) is 37.6 Å². The SMILES string of the molecule is Nc1cc(N2CCC(CN3CCc4ccccc43)CC2)cc(CO)c1[N+](=O)[O-]. The van der Waals surface area contributed by atoms with E-state index >= 15 is 0 Å². The van der Waals surface area contributed by atoms with Gasteiger partial charge in [0.1, 0.15) is 5.69 Å². The summed E-state index contributed by atoms with van der Waals surface area (Å²) < 4.78 is 0. The number of hydrogen-bond donors (Lipinski definition) is 2. The van der Waals surface area contributed by atoms with E-state index in [1.807, 2.05) is 0 Å². The standard InChI is InChI=1S/C21H26N4O3/c22-19-12-18(11-17(14-26)21(19)25(27)28)23-8-5-15(6-9-23)13-24-10-7-16-3-1-2-4-20(16)24/h1-4,11-12,15,26H,5-10,13-14,22H2. The molecule has 2 aromatic rings. The first-order valence-corrected chi connectivity index (χ1v) is 9.82. The zero-order valence-electron chi connectivity index (χ0n) is 15.9. The van der Waals surface area contributed by atoms with Crippen molar-refractivity contribution in [3.05, 3.63) is 57.6 Å². The number of para-hydroxylation sites is 1. The Bertz CT molecular complexity index is 878. The van der Waals surface area contributed by atoms with Gasteiger partial charge in [-0.3, -0.25) is 10.1 Å². The largest absolute Gasteiger partial charge is 0.393 e. The van der Waals surface area contributed by atoms with Gasteiger partial charge in [-0.2, -0.15) is 0 Å². The molecule has 0 unspecified atom stereocenters. The predicted octanol–water partition coefficient (Wildman–Crippen LogP) is 2.95. The summed E-state index contributed by atoms with van der Waals surface area (Å²) in [5.74, 6) is 0.634. The molecule has 4 rings (SSSR count). The minimum atomic E-state index is -0.523. The van der Waals surface area contributed by atoms with E-state index in [1.165, 1.54) is 11.3 Å². The van der Waals surface area contributed by atoms with Gasteiger partial charge >= 0.3 is 0 Å². The summed E-state index contributed by atoms with van der Waals surface area (Å²) >= 11 is 0. The van der Waals surface area contributed by atoms with Gasteiger partial charge in [0.15, 0.2) is 0 Å². The van der Waals surface area contributed by atoms with Crippen molar-refractivity contribution in [2.45, 2.75) is 25.9 Å². The van der Waals surface area contributed by atoms with Crippen LogP contribution in [0.3, 0.4) is 0 Å². The fraction of sp³-hybridized carbons (Fsp3) is 0.429. The van der Waals surface area contributed by atoms with Crippen LogP contribution in [0.2, 0.25) is 0 Å². The van der Waals surface area contributed by atoms with E-state index in [1.54, 1.807) is 12.1 Å². The lowest BCUT2D eigenvalue weighted by Crippen LogP contribution is -2.38. The molecule has 2 aliphatic rings. The third kappa shape index (κ3) is 3.49. The molecule has 0 spiro atoms. The number of nitrogens with zero attached hydrogens (tertiary/aromatic N) is 3. The van der Waals surface area contributed by atoms with Gasteiger partial charge in [0.05, 0.1) is 17.1 Å². The minimum Gasteiger partial charge on any atom is -0.393 e. The fourth-order valence-electron chi connectivity index (χ4n) is 4.51. The molecule has 0 atom stereocenters. The lowest BCUT2D eigenvalue weighted by atomic mass is 9.95. The molecule has 0 aromatic heterocycles. The highest BCUT2D eigenvalue weighted by Gasteiger charge is 2.27. The van der Waals surface area contributed by atoms with E-state index < -0.39 is 4.92 Å². The first kappa shape index (κ1) is 18.6. The van der Waals surface area contributed by atoms with Crippen molar-refractivity contribution < 1.29 is 10.0 Å². The topological polar surface area (TPSA) is 95.9 Å². The first-order chi connectivity index (χ1) is 13.6. The van der Waals surface area contributed by atoms with E-state index in [-0.39, 0.29) is 23.5 Å². The average molecular weight is 382 g/mol. The Morgan fingerprint density at radius 3 is 2.64 bits per heavy atom. The smallest absolute Gasteiger partial charge is 0.297 e. The maximum Gasteiger partial charge on any atom is 0.297 e. The molecule has 7 nitrogen and oxygen atoms in total. The number of rotatable bonds is 5. The molecule has 2 aliphatic heterocycles. The van der Waals surface area contributed by atoms with Crippen LogP contribution >= 0.6 is 0 Å². The van der Waals surface area contributed by atoms with E-state index in [4.69, 9.17) is 5.73 Å². The molecule has 1 fully saturated rings. The quantitative estimate of drug-likeness (QED) is 0.469. The lowest BCUT2D eigenvalue weighted by molar-refractivity contribution is -0.384. The summed E-state index contributed by atoms with van der Waals surface area (Å²) in [6.07, 6.45) is 3.27. The fourth-order valence-corrected chi connectivity index (χ4v) is 4.51. The third-order valence-corrected chi connectivity index (χ3v) is 6.00. The second kappa shape index (κ2) is 7.67. The first-order valence-electron chi connectivity index (χ1n) is 9.82. The molecule has 0 radical (unpaired) electrons. The molecule has 0 amide bonds. The van der Waals surface area contributed by atoms with Crippen molar-refractivity contribution >= 4 is 22.7 Å². The number of nitrogens with two attached hydrogens (primary N) is 1. The van der Waals surface area contributed by atoms with Crippen molar-refractivity contribution in [2.75, 3.05) is 41.7 Å². The number of aliphatic hydroxyl groups excluding tert-OH is 1. The average Bonchev–Trinajstić information content (AvgIpc) is 3.10. The van der Waals surface area contributed by atoms with Crippen LogP contribution in [0, 0.1) is 16.0 Å². The number of benzene rings is 2. The Labute approximate surface area is 164 Å². The van der Waals surface area contributed by atoms with E-state index in [0.717, 1.165) is 51.1 Å². The molecule has 28 heavy (non-hydrogen) atoms. The van der Waals surface area contributed by atoms with Crippen LogP contribution in [-0.4, -0.2) is 36.2 Å². The van der Waals surface area contributed by atoms with Crippen molar-refractivity contribution in [3.63, 3.8) is 0 Å². The van der Waals surface area contributed by atoms with Crippen molar-refractivity contribution in [3.8, 4) is 0 Å². The minimum absolute atomic E-state index is 0.113. The highest BCUT2D eigenvalue weighted by atomic mass is 16.6. The molecular formula is C21H26N4O3. The van der Waals surface area contributed by atoms with Crippen molar-refractivity contribution in [2.24, 2.45) is 5.92 Å². The zero-order chi connectivity index (χ0) is 19.7. The van der Waals surface area contributed by atoms with Gasteiger partial charge in [0.2, 0.25) is 0 Å². The third-order valence-electron chi connectivity index (χ3n) is 6.00. The summed E-state index contributed by atoms with van der Waals surface area (Å²) in [5.41, 5.74) is 9.78.